The predicted molar refractivity (Wildman–Crippen MR) is 76.9 cm³/mol. The summed E-state index contributed by atoms with van der Waals surface area (Å²) >= 11 is 0. The van der Waals surface area contributed by atoms with E-state index < -0.39 is 18.2 Å². The Bertz CT molecular complexity index is 407. The molecule has 0 radical (unpaired) electrons. The van der Waals surface area contributed by atoms with E-state index >= 15 is 0 Å². The number of carbonyl (C=O) groups is 2. The van der Waals surface area contributed by atoms with Crippen molar-refractivity contribution in [1.29, 1.82) is 0 Å². The van der Waals surface area contributed by atoms with E-state index in [9.17, 15) is 9.59 Å². The summed E-state index contributed by atoms with van der Waals surface area (Å²) < 4.78 is 5.38. The number of ether oxygens (including phenoxy) is 1. The van der Waals surface area contributed by atoms with Crippen LogP contribution in [0.4, 0.5) is 0 Å². The molecule has 5 nitrogen and oxygen atoms in total. The van der Waals surface area contributed by atoms with Gasteiger partial charge >= 0.3 is 5.97 Å². The van der Waals surface area contributed by atoms with Gasteiger partial charge in [-0.2, -0.15) is 0 Å². The first-order chi connectivity index (χ1) is 10.1. The van der Waals surface area contributed by atoms with Gasteiger partial charge in [-0.05, 0) is 43.9 Å². The molecule has 5 heteroatoms. The van der Waals surface area contributed by atoms with Crippen LogP contribution >= 0.6 is 0 Å². The third-order valence-corrected chi connectivity index (χ3v) is 5.62. The maximum absolute atomic E-state index is 12.4. The maximum Gasteiger partial charge on any atom is 0.332 e. The summed E-state index contributed by atoms with van der Waals surface area (Å²) in [5.41, 5.74) is 0.481. The first-order valence-electron chi connectivity index (χ1n) is 8.27. The van der Waals surface area contributed by atoms with Crippen molar-refractivity contribution in [2.75, 3.05) is 13.1 Å². The summed E-state index contributed by atoms with van der Waals surface area (Å²) in [4.78, 5) is 25.2. The van der Waals surface area contributed by atoms with Crippen LogP contribution in [0.25, 0.3) is 0 Å². The molecule has 21 heavy (non-hydrogen) atoms. The fourth-order valence-electron chi connectivity index (χ4n) is 4.21. The number of carbonyl (C=O) groups excluding carboxylic acids is 1. The summed E-state index contributed by atoms with van der Waals surface area (Å²) in [6, 6.07) is 0. The molecule has 1 amide bonds. The molecule has 2 heterocycles. The lowest BCUT2D eigenvalue weighted by molar-refractivity contribution is -0.155. The Morgan fingerprint density at radius 3 is 2.14 bits per heavy atom. The minimum Gasteiger partial charge on any atom is -0.479 e. The smallest absolute Gasteiger partial charge is 0.332 e. The first-order valence-corrected chi connectivity index (χ1v) is 8.27. The van der Waals surface area contributed by atoms with Gasteiger partial charge in [0.05, 0.1) is 0 Å². The average Bonchev–Trinajstić information content (AvgIpc) is 2.98. The zero-order valence-electron chi connectivity index (χ0n) is 12.6. The van der Waals surface area contributed by atoms with E-state index in [1.54, 1.807) is 0 Å². The molecule has 3 rings (SSSR count). The van der Waals surface area contributed by atoms with Crippen LogP contribution in [0.15, 0.2) is 0 Å². The van der Waals surface area contributed by atoms with Gasteiger partial charge in [0.2, 0.25) is 0 Å². The van der Waals surface area contributed by atoms with Crippen molar-refractivity contribution in [3.8, 4) is 0 Å². The van der Waals surface area contributed by atoms with Crippen molar-refractivity contribution in [3.63, 3.8) is 0 Å². The number of hydrogen-bond donors (Lipinski definition) is 1. The number of carboxylic acid groups (broad SMARTS) is 1. The van der Waals surface area contributed by atoms with Gasteiger partial charge in [-0.15, -0.1) is 0 Å². The number of amides is 1. The maximum atomic E-state index is 12.4. The summed E-state index contributed by atoms with van der Waals surface area (Å²) in [6.07, 6.45) is 8.52. The van der Waals surface area contributed by atoms with Crippen LogP contribution < -0.4 is 0 Å². The van der Waals surface area contributed by atoms with Gasteiger partial charge in [0.25, 0.3) is 5.91 Å². The molecule has 1 N–H and O–H groups in total. The Labute approximate surface area is 125 Å². The number of carboxylic acids is 1. The van der Waals surface area contributed by atoms with Crippen LogP contribution in [0.1, 0.15) is 57.8 Å². The summed E-state index contributed by atoms with van der Waals surface area (Å²) in [5.74, 6) is -0.950. The van der Waals surface area contributed by atoms with Gasteiger partial charge in [-0.1, -0.05) is 19.3 Å². The molecule has 118 valence electrons. The number of hydrogen-bond acceptors (Lipinski definition) is 3. The van der Waals surface area contributed by atoms with Crippen molar-refractivity contribution in [1.82, 2.24) is 4.90 Å². The first kappa shape index (κ1) is 14.8. The van der Waals surface area contributed by atoms with Crippen LogP contribution in [0.2, 0.25) is 0 Å². The number of likely N-dealkylation sites (tertiary alicyclic amines) is 1. The monoisotopic (exact) mass is 295 g/mol. The molecule has 0 aromatic rings. The highest BCUT2D eigenvalue weighted by Gasteiger charge is 2.41. The third kappa shape index (κ3) is 3.07. The highest BCUT2D eigenvalue weighted by Crippen LogP contribution is 2.44. The molecule has 2 aliphatic heterocycles. The van der Waals surface area contributed by atoms with Gasteiger partial charge in [0, 0.05) is 13.1 Å². The molecular formula is C16H25NO4. The van der Waals surface area contributed by atoms with E-state index in [0.717, 1.165) is 25.9 Å². The fourth-order valence-corrected chi connectivity index (χ4v) is 4.21. The van der Waals surface area contributed by atoms with Crippen molar-refractivity contribution in [2.24, 2.45) is 5.41 Å². The van der Waals surface area contributed by atoms with Crippen molar-refractivity contribution >= 4 is 11.9 Å². The van der Waals surface area contributed by atoms with Crippen molar-refractivity contribution in [2.45, 2.75) is 70.0 Å². The summed E-state index contributed by atoms with van der Waals surface area (Å²) in [6.45, 7) is 1.63. The lowest BCUT2D eigenvalue weighted by Gasteiger charge is -2.44. The topological polar surface area (TPSA) is 66.8 Å². The Morgan fingerprint density at radius 2 is 1.57 bits per heavy atom. The molecule has 0 aromatic heterocycles. The molecular weight excluding hydrogens is 270 g/mol. The Morgan fingerprint density at radius 1 is 0.952 bits per heavy atom. The second-order valence-electron chi connectivity index (χ2n) is 6.91. The number of piperidine rings is 1. The molecule has 1 saturated carbocycles. The molecule has 1 aliphatic carbocycles. The number of aliphatic carboxylic acids is 1. The van der Waals surface area contributed by atoms with Crippen LogP contribution in [-0.2, 0) is 14.3 Å². The van der Waals surface area contributed by atoms with Crippen LogP contribution in [0.5, 0.6) is 0 Å². The molecule has 0 aromatic carbocycles. The van der Waals surface area contributed by atoms with E-state index in [4.69, 9.17) is 9.84 Å². The normalized spacial score (nSPS) is 32.3. The highest BCUT2D eigenvalue weighted by atomic mass is 16.5. The van der Waals surface area contributed by atoms with Gasteiger partial charge < -0.3 is 14.7 Å². The third-order valence-electron chi connectivity index (χ3n) is 5.62. The van der Waals surface area contributed by atoms with Crippen LogP contribution in [0, 0.1) is 5.41 Å². The second-order valence-corrected chi connectivity index (χ2v) is 6.91. The Kier molecular flexibility index (Phi) is 4.20. The van der Waals surface area contributed by atoms with Crippen molar-refractivity contribution in [3.05, 3.63) is 0 Å². The highest BCUT2D eigenvalue weighted by molar-refractivity contribution is 5.82. The summed E-state index contributed by atoms with van der Waals surface area (Å²) in [7, 11) is 0. The SMILES string of the molecule is O=C(O)[C@H]1CC[C@@H](C(=O)N2CCC3(CCCCC3)CC2)O1. The molecule has 2 saturated heterocycles. The van der Waals surface area contributed by atoms with E-state index in [-0.39, 0.29) is 5.91 Å². The van der Waals surface area contributed by atoms with Crippen molar-refractivity contribution < 1.29 is 19.4 Å². The second kappa shape index (κ2) is 5.95. The van der Waals surface area contributed by atoms with Crippen LogP contribution in [-0.4, -0.2) is 47.2 Å². The quantitative estimate of drug-likeness (QED) is 0.848. The lowest BCUT2D eigenvalue weighted by atomic mass is 9.68. The zero-order valence-corrected chi connectivity index (χ0v) is 12.6. The number of rotatable bonds is 2. The van der Waals surface area contributed by atoms with E-state index in [2.05, 4.69) is 0 Å². The average molecular weight is 295 g/mol. The Balaban J connectivity index is 1.52. The fraction of sp³-hybridized carbons (Fsp3) is 0.875. The Hall–Kier alpha value is -1.10. The molecule has 3 aliphatic rings. The molecule has 3 fully saturated rings. The molecule has 0 bridgehead atoms. The van der Waals surface area contributed by atoms with Crippen LogP contribution in [0.3, 0.4) is 0 Å². The van der Waals surface area contributed by atoms with Gasteiger partial charge in [-0.3, -0.25) is 4.79 Å². The van der Waals surface area contributed by atoms with Gasteiger partial charge in [0.1, 0.15) is 6.10 Å². The van der Waals surface area contributed by atoms with E-state index in [1.807, 2.05) is 4.90 Å². The zero-order chi connectivity index (χ0) is 14.9. The number of nitrogens with zero attached hydrogens (tertiary/aromatic N) is 1. The minimum absolute atomic E-state index is 0.00408. The van der Waals surface area contributed by atoms with E-state index in [1.165, 1.54) is 32.1 Å². The van der Waals surface area contributed by atoms with Gasteiger partial charge in [0.15, 0.2) is 6.10 Å². The molecule has 2 atom stereocenters. The molecule has 0 unspecified atom stereocenters. The lowest BCUT2D eigenvalue weighted by Crippen LogP contribution is -2.47. The molecule has 1 spiro atoms. The largest absolute Gasteiger partial charge is 0.479 e. The summed E-state index contributed by atoms with van der Waals surface area (Å²) in [5, 5.41) is 8.94. The van der Waals surface area contributed by atoms with Gasteiger partial charge in [-0.25, -0.2) is 4.79 Å². The standard InChI is InChI=1S/C16H25NO4/c18-14(12-4-5-13(21-12)15(19)20)17-10-8-16(9-11-17)6-2-1-3-7-16/h12-13H,1-11H2,(H,19,20)/t12-,13+/m0/s1. The minimum atomic E-state index is -0.954. The van der Waals surface area contributed by atoms with E-state index in [0.29, 0.717) is 18.3 Å². The predicted octanol–water partition coefficient (Wildman–Crippen LogP) is 2.19.